The highest BCUT2D eigenvalue weighted by Gasteiger charge is 2.39. The number of fused-ring (bicyclic) bond motifs is 1. The fourth-order valence-corrected chi connectivity index (χ4v) is 4.80. The van der Waals surface area contributed by atoms with Crippen LogP contribution in [0.5, 0.6) is 23.0 Å². The molecule has 1 N–H and O–H groups in total. The molecule has 42 heavy (non-hydrogen) atoms. The van der Waals surface area contributed by atoms with Crippen LogP contribution in [0, 0.1) is 0 Å². The van der Waals surface area contributed by atoms with Crippen LogP contribution in [0.3, 0.4) is 0 Å². The Morgan fingerprint density at radius 1 is 0.810 bits per heavy atom. The standard InChI is InChI=1S/C34H30O8/c1-38-29-20-25(15-16-28(29)35)31-27(21-41-34(37)24-13-7-4-8-14-24)26-18-22(19-30(39-2)32(26)42-31)10-9-17-40-33(36)23-11-5-3-6-12-23/h3-16,18-20,27,31,35H,17,21H2,1-2H3/t27-,31+/m1/s1. The normalized spacial score (nSPS) is 15.5. The lowest BCUT2D eigenvalue weighted by molar-refractivity contribution is 0.0428. The number of carbonyl (C=O) groups excluding carboxylic acids is 2. The maximum absolute atomic E-state index is 12.8. The molecule has 2 atom stereocenters. The van der Waals surface area contributed by atoms with E-state index in [1.54, 1.807) is 73.8 Å². The molecule has 1 aliphatic heterocycles. The molecule has 8 nitrogen and oxygen atoms in total. The van der Waals surface area contributed by atoms with Gasteiger partial charge in [0.15, 0.2) is 23.0 Å². The number of methoxy groups -OCH3 is 2. The van der Waals surface area contributed by atoms with Gasteiger partial charge in [0.05, 0.1) is 31.3 Å². The van der Waals surface area contributed by atoms with Gasteiger partial charge in [-0.1, -0.05) is 48.5 Å². The molecule has 1 heterocycles. The molecule has 4 aromatic rings. The Balaban J connectivity index is 1.41. The molecule has 0 saturated carbocycles. The first-order chi connectivity index (χ1) is 20.5. The topological polar surface area (TPSA) is 101 Å². The second-order valence-electron chi connectivity index (χ2n) is 9.55. The third kappa shape index (κ3) is 6.23. The van der Waals surface area contributed by atoms with Crippen LogP contribution in [-0.4, -0.2) is 44.5 Å². The van der Waals surface area contributed by atoms with E-state index in [4.69, 9.17) is 23.7 Å². The zero-order chi connectivity index (χ0) is 29.5. The summed E-state index contributed by atoms with van der Waals surface area (Å²) in [6.07, 6.45) is 3.01. The van der Waals surface area contributed by atoms with Gasteiger partial charge in [-0.25, -0.2) is 9.59 Å². The van der Waals surface area contributed by atoms with Crippen LogP contribution in [0.4, 0.5) is 0 Å². The zero-order valence-electron chi connectivity index (χ0n) is 23.2. The number of phenols is 1. The Bertz CT molecular complexity index is 1580. The molecular formula is C34H30O8. The predicted octanol–water partition coefficient (Wildman–Crippen LogP) is 6.35. The molecule has 4 aromatic carbocycles. The van der Waals surface area contributed by atoms with Crippen LogP contribution in [0.15, 0.2) is 97.1 Å². The van der Waals surface area contributed by atoms with Crippen molar-refractivity contribution in [1.29, 1.82) is 0 Å². The zero-order valence-corrected chi connectivity index (χ0v) is 23.2. The maximum atomic E-state index is 12.8. The van der Waals surface area contributed by atoms with Gasteiger partial charge in [0.1, 0.15) is 19.3 Å². The van der Waals surface area contributed by atoms with E-state index in [-0.39, 0.29) is 19.0 Å². The lowest BCUT2D eigenvalue weighted by atomic mass is 9.90. The highest BCUT2D eigenvalue weighted by atomic mass is 16.5. The van der Waals surface area contributed by atoms with Crippen molar-refractivity contribution in [2.24, 2.45) is 0 Å². The highest BCUT2D eigenvalue weighted by molar-refractivity contribution is 5.89. The molecule has 0 bridgehead atoms. The average molecular weight is 567 g/mol. The van der Waals surface area contributed by atoms with Crippen LogP contribution in [0.2, 0.25) is 0 Å². The molecule has 8 heteroatoms. The van der Waals surface area contributed by atoms with Crippen LogP contribution in [0.25, 0.3) is 6.08 Å². The predicted molar refractivity (Wildman–Crippen MR) is 156 cm³/mol. The average Bonchev–Trinajstić information content (AvgIpc) is 3.40. The number of rotatable bonds is 10. The Labute approximate surface area is 243 Å². The monoisotopic (exact) mass is 566 g/mol. The van der Waals surface area contributed by atoms with Crippen molar-refractivity contribution in [2.45, 2.75) is 12.0 Å². The summed E-state index contributed by atoms with van der Waals surface area (Å²) in [6, 6.07) is 26.3. The third-order valence-electron chi connectivity index (χ3n) is 6.90. The van der Waals surface area contributed by atoms with Crippen molar-refractivity contribution in [1.82, 2.24) is 0 Å². The number of hydrogen-bond acceptors (Lipinski definition) is 8. The molecule has 0 radical (unpaired) electrons. The van der Waals surface area contributed by atoms with Gasteiger partial charge in [-0.2, -0.15) is 0 Å². The number of phenolic OH excluding ortho intramolecular Hbond substituents is 1. The summed E-state index contributed by atoms with van der Waals surface area (Å²) in [5.74, 6) is 0.0700. The van der Waals surface area contributed by atoms with Gasteiger partial charge >= 0.3 is 11.9 Å². The molecule has 0 aliphatic carbocycles. The Hall–Kier alpha value is -5.24. The summed E-state index contributed by atoms with van der Waals surface area (Å²) < 4.78 is 28.5. The Morgan fingerprint density at radius 2 is 1.45 bits per heavy atom. The van der Waals surface area contributed by atoms with E-state index in [0.717, 1.165) is 16.7 Å². The first-order valence-corrected chi connectivity index (χ1v) is 13.3. The van der Waals surface area contributed by atoms with E-state index in [9.17, 15) is 14.7 Å². The summed E-state index contributed by atoms with van der Waals surface area (Å²) in [6.45, 7) is 0.108. The van der Waals surface area contributed by atoms with Gasteiger partial charge in [-0.15, -0.1) is 0 Å². The molecule has 1 aliphatic rings. The summed E-state index contributed by atoms with van der Waals surface area (Å²) in [4.78, 5) is 25.1. The number of carbonyl (C=O) groups is 2. The number of esters is 2. The van der Waals surface area contributed by atoms with Crippen LogP contribution in [-0.2, 0) is 9.47 Å². The first kappa shape index (κ1) is 28.3. The number of hydrogen-bond donors (Lipinski definition) is 1. The summed E-state index contributed by atoms with van der Waals surface area (Å²) in [7, 11) is 3.02. The molecular weight excluding hydrogens is 536 g/mol. The summed E-state index contributed by atoms with van der Waals surface area (Å²) in [5.41, 5.74) is 3.22. The van der Waals surface area contributed by atoms with E-state index >= 15 is 0 Å². The molecule has 214 valence electrons. The Morgan fingerprint density at radius 3 is 2.10 bits per heavy atom. The lowest BCUT2D eigenvalue weighted by Gasteiger charge is -2.20. The second-order valence-corrected chi connectivity index (χ2v) is 9.55. The second kappa shape index (κ2) is 13.0. The van der Waals surface area contributed by atoms with Gasteiger partial charge in [0, 0.05) is 5.56 Å². The fourth-order valence-electron chi connectivity index (χ4n) is 4.80. The quantitative estimate of drug-likeness (QED) is 0.222. The van der Waals surface area contributed by atoms with Gasteiger partial charge in [0.2, 0.25) is 0 Å². The van der Waals surface area contributed by atoms with Crippen LogP contribution < -0.4 is 14.2 Å². The minimum Gasteiger partial charge on any atom is -0.504 e. The van der Waals surface area contributed by atoms with Crippen LogP contribution >= 0.6 is 0 Å². The van der Waals surface area contributed by atoms with Crippen molar-refractivity contribution in [3.05, 3.63) is 125 Å². The summed E-state index contributed by atoms with van der Waals surface area (Å²) >= 11 is 0. The van der Waals surface area contributed by atoms with E-state index in [1.165, 1.54) is 13.2 Å². The Kier molecular flexibility index (Phi) is 8.72. The molecule has 0 unspecified atom stereocenters. The smallest absolute Gasteiger partial charge is 0.338 e. The molecule has 5 rings (SSSR count). The third-order valence-corrected chi connectivity index (χ3v) is 6.90. The summed E-state index contributed by atoms with van der Waals surface area (Å²) in [5, 5.41) is 10.1. The van der Waals surface area contributed by atoms with Gasteiger partial charge < -0.3 is 28.8 Å². The van der Waals surface area contributed by atoms with Gasteiger partial charge in [-0.3, -0.25) is 0 Å². The molecule has 0 saturated heterocycles. The van der Waals surface area contributed by atoms with Crippen molar-refractivity contribution in [3.63, 3.8) is 0 Å². The van der Waals surface area contributed by atoms with Crippen molar-refractivity contribution >= 4 is 18.0 Å². The number of aromatic hydroxyl groups is 1. The van der Waals surface area contributed by atoms with Crippen LogP contribution in [0.1, 0.15) is 49.4 Å². The minimum absolute atomic E-state index is 0.00165. The molecule has 0 aromatic heterocycles. The van der Waals surface area contributed by atoms with Gasteiger partial charge in [-0.05, 0) is 65.7 Å². The van der Waals surface area contributed by atoms with Gasteiger partial charge in [0.25, 0.3) is 0 Å². The van der Waals surface area contributed by atoms with Crippen molar-refractivity contribution < 1.29 is 38.4 Å². The SMILES string of the molecule is COc1cc([C@@H]2Oc3c(OC)cc(C=CCOC(=O)c4ccccc4)cc3[C@H]2COC(=O)c2ccccc2)ccc1O. The minimum atomic E-state index is -0.557. The lowest BCUT2D eigenvalue weighted by Crippen LogP contribution is -2.18. The molecule has 0 fully saturated rings. The largest absolute Gasteiger partial charge is 0.504 e. The van der Waals surface area contributed by atoms with E-state index in [0.29, 0.717) is 28.4 Å². The van der Waals surface area contributed by atoms with Crippen molar-refractivity contribution in [3.8, 4) is 23.0 Å². The molecule has 0 amide bonds. The number of ether oxygens (including phenoxy) is 5. The molecule has 0 spiro atoms. The number of benzene rings is 4. The fraction of sp³-hybridized carbons (Fsp3) is 0.176. The first-order valence-electron chi connectivity index (χ1n) is 13.3. The van der Waals surface area contributed by atoms with E-state index < -0.39 is 24.0 Å². The van der Waals surface area contributed by atoms with E-state index in [2.05, 4.69) is 0 Å². The van der Waals surface area contributed by atoms with E-state index in [1.807, 2.05) is 30.3 Å². The highest BCUT2D eigenvalue weighted by Crippen LogP contribution is 2.52. The van der Waals surface area contributed by atoms with Crippen molar-refractivity contribution in [2.75, 3.05) is 27.4 Å². The maximum Gasteiger partial charge on any atom is 0.338 e.